The minimum atomic E-state index is -1.48. The van der Waals surface area contributed by atoms with Gasteiger partial charge in [-0.25, -0.2) is 4.79 Å². The normalized spacial score (nSPS) is 11.9. The molecule has 2 N–H and O–H groups in total. The van der Waals surface area contributed by atoms with E-state index in [1.807, 2.05) is 30.3 Å². The third-order valence-corrected chi connectivity index (χ3v) is 2.72. The summed E-state index contributed by atoms with van der Waals surface area (Å²) < 4.78 is 0. The first-order valence-corrected chi connectivity index (χ1v) is 5.75. The zero-order valence-electron chi connectivity index (χ0n) is 10.2. The monoisotopic (exact) mass is 251 g/mol. The summed E-state index contributed by atoms with van der Waals surface area (Å²) >= 11 is 0. The first-order chi connectivity index (χ1) is 8.56. The van der Waals surface area contributed by atoms with Gasteiger partial charge in [-0.3, -0.25) is 4.79 Å². The van der Waals surface area contributed by atoms with E-state index in [2.05, 4.69) is 0 Å². The van der Waals surface area contributed by atoms with Crippen molar-refractivity contribution >= 4 is 11.9 Å². The molecular weight excluding hydrogens is 234 g/mol. The number of hydrogen-bond donors (Lipinski definition) is 2. The van der Waals surface area contributed by atoms with Gasteiger partial charge in [-0.1, -0.05) is 30.3 Å². The summed E-state index contributed by atoms with van der Waals surface area (Å²) in [4.78, 5) is 23.7. The van der Waals surface area contributed by atoms with Crippen molar-refractivity contribution in [3.8, 4) is 0 Å². The topological polar surface area (TPSA) is 77.8 Å². The lowest BCUT2D eigenvalue weighted by molar-refractivity contribution is -0.157. The first kappa shape index (κ1) is 14.2. The van der Waals surface area contributed by atoms with E-state index >= 15 is 0 Å². The molecule has 0 radical (unpaired) electrons. The second kappa shape index (κ2) is 6.76. The second-order valence-electron chi connectivity index (χ2n) is 4.09. The molecule has 0 aromatic heterocycles. The van der Waals surface area contributed by atoms with Gasteiger partial charge in [0.25, 0.3) is 0 Å². The molecule has 0 saturated heterocycles. The van der Waals surface area contributed by atoms with E-state index in [0.717, 1.165) is 5.56 Å². The molecule has 0 bridgehead atoms. The number of amides is 1. The number of benzene rings is 1. The van der Waals surface area contributed by atoms with Gasteiger partial charge < -0.3 is 15.1 Å². The average molecular weight is 251 g/mol. The number of carboxylic acids is 1. The fraction of sp³-hybridized carbons (Fsp3) is 0.385. The van der Waals surface area contributed by atoms with E-state index in [0.29, 0.717) is 6.42 Å². The maximum absolute atomic E-state index is 11.6. The van der Waals surface area contributed by atoms with Crippen molar-refractivity contribution in [2.75, 3.05) is 6.61 Å². The van der Waals surface area contributed by atoms with Gasteiger partial charge in [0.15, 0.2) is 0 Å². The molecule has 0 spiro atoms. The maximum Gasteiger partial charge on any atom is 0.394 e. The lowest BCUT2D eigenvalue weighted by atomic mass is 10.1. The van der Waals surface area contributed by atoms with Crippen LogP contribution in [0.5, 0.6) is 0 Å². The van der Waals surface area contributed by atoms with Gasteiger partial charge in [-0.05, 0) is 18.9 Å². The van der Waals surface area contributed by atoms with Crippen molar-refractivity contribution in [3.05, 3.63) is 35.9 Å². The second-order valence-corrected chi connectivity index (χ2v) is 4.09. The van der Waals surface area contributed by atoms with Crippen molar-refractivity contribution < 1.29 is 19.8 Å². The highest BCUT2D eigenvalue weighted by Gasteiger charge is 2.25. The number of hydrogen-bond acceptors (Lipinski definition) is 3. The number of carboxylic acid groups (broad SMARTS) is 1. The summed E-state index contributed by atoms with van der Waals surface area (Å²) in [7, 11) is 0. The largest absolute Gasteiger partial charge is 0.474 e. The molecule has 5 heteroatoms. The number of aliphatic hydroxyl groups is 1. The molecule has 1 aromatic rings. The van der Waals surface area contributed by atoms with Crippen LogP contribution in [0.25, 0.3) is 0 Å². The summed E-state index contributed by atoms with van der Waals surface area (Å²) in [6, 6.07) is 8.84. The lowest BCUT2D eigenvalue weighted by Crippen LogP contribution is -2.42. The Kier molecular flexibility index (Phi) is 5.32. The van der Waals surface area contributed by atoms with Gasteiger partial charge in [0.1, 0.15) is 0 Å². The summed E-state index contributed by atoms with van der Waals surface area (Å²) in [5.74, 6) is -2.42. The van der Waals surface area contributed by atoms with Crippen LogP contribution < -0.4 is 0 Å². The van der Waals surface area contributed by atoms with Crippen molar-refractivity contribution in [2.24, 2.45) is 0 Å². The fourth-order valence-electron chi connectivity index (χ4n) is 1.67. The van der Waals surface area contributed by atoms with Crippen LogP contribution in [0.2, 0.25) is 0 Å². The molecule has 0 aliphatic rings. The van der Waals surface area contributed by atoms with Crippen molar-refractivity contribution in [2.45, 2.75) is 25.9 Å². The molecule has 1 unspecified atom stereocenters. The Hall–Kier alpha value is -1.88. The number of rotatable bonds is 5. The van der Waals surface area contributed by atoms with Crippen LogP contribution >= 0.6 is 0 Å². The lowest BCUT2D eigenvalue weighted by Gasteiger charge is -2.27. The molecule has 1 amide bonds. The third kappa shape index (κ3) is 3.85. The smallest absolute Gasteiger partial charge is 0.394 e. The molecule has 0 aliphatic heterocycles. The van der Waals surface area contributed by atoms with Crippen molar-refractivity contribution in [1.82, 2.24) is 4.90 Å². The fourth-order valence-corrected chi connectivity index (χ4v) is 1.67. The van der Waals surface area contributed by atoms with Crippen LogP contribution in [0, 0.1) is 0 Å². The SMILES string of the molecule is CC(CCO)N(Cc1ccccc1)C(=O)C(=O)O. The molecule has 1 aromatic carbocycles. The molecule has 1 atom stereocenters. The van der Waals surface area contributed by atoms with Crippen LogP contribution in [0.3, 0.4) is 0 Å². The summed E-state index contributed by atoms with van der Waals surface area (Å²) in [5, 5.41) is 17.7. The van der Waals surface area contributed by atoms with Gasteiger partial charge in [0.2, 0.25) is 0 Å². The van der Waals surface area contributed by atoms with Crippen molar-refractivity contribution in [1.29, 1.82) is 0 Å². The van der Waals surface area contributed by atoms with Crippen LogP contribution in [-0.2, 0) is 16.1 Å². The highest BCUT2D eigenvalue weighted by molar-refractivity contribution is 6.31. The number of carbonyl (C=O) groups excluding carboxylic acids is 1. The third-order valence-electron chi connectivity index (χ3n) is 2.72. The van der Waals surface area contributed by atoms with Gasteiger partial charge >= 0.3 is 11.9 Å². The van der Waals surface area contributed by atoms with Crippen LogP contribution in [0.1, 0.15) is 18.9 Å². The van der Waals surface area contributed by atoms with E-state index < -0.39 is 11.9 Å². The molecule has 0 aliphatic carbocycles. The van der Waals surface area contributed by atoms with Gasteiger partial charge in [0, 0.05) is 19.2 Å². The van der Waals surface area contributed by atoms with E-state index in [-0.39, 0.29) is 19.2 Å². The Labute approximate surface area is 106 Å². The van der Waals surface area contributed by atoms with Gasteiger partial charge in [-0.15, -0.1) is 0 Å². The molecule has 98 valence electrons. The molecule has 1 rings (SSSR count). The Morgan fingerprint density at radius 1 is 1.28 bits per heavy atom. The highest BCUT2D eigenvalue weighted by Crippen LogP contribution is 2.11. The highest BCUT2D eigenvalue weighted by atomic mass is 16.4. The quantitative estimate of drug-likeness (QED) is 0.761. The van der Waals surface area contributed by atoms with Crippen molar-refractivity contribution in [3.63, 3.8) is 0 Å². The standard InChI is InChI=1S/C13H17NO4/c1-10(7-8-15)14(12(16)13(17)18)9-11-5-3-2-4-6-11/h2-6,10,15H,7-9H2,1H3,(H,17,18). The van der Waals surface area contributed by atoms with E-state index in [1.54, 1.807) is 6.92 Å². The van der Waals surface area contributed by atoms with E-state index in [1.165, 1.54) is 4.90 Å². The Morgan fingerprint density at radius 2 is 1.89 bits per heavy atom. The number of aliphatic carboxylic acids is 1. The average Bonchev–Trinajstić information content (AvgIpc) is 2.36. The van der Waals surface area contributed by atoms with E-state index in [9.17, 15) is 9.59 Å². The number of aliphatic hydroxyl groups excluding tert-OH is 1. The number of carbonyl (C=O) groups is 2. The maximum atomic E-state index is 11.6. The Balaban J connectivity index is 2.84. The molecular formula is C13H17NO4. The summed E-state index contributed by atoms with van der Waals surface area (Å²) in [6.45, 7) is 1.87. The van der Waals surface area contributed by atoms with Crippen LogP contribution in [-0.4, -0.2) is 39.6 Å². The number of nitrogens with zero attached hydrogens (tertiary/aromatic N) is 1. The Bertz CT molecular complexity index is 405. The summed E-state index contributed by atoms with van der Waals surface area (Å²) in [6.07, 6.45) is 0.353. The van der Waals surface area contributed by atoms with Crippen LogP contribution in [0.4, 0.5) is 0 Å². The molecule has 18 heavy (non-hydrogen) atoms. The zero-order chi connectivity index (χ0) is 13.5. The minimum Gasteiger partial charge on any atom is -0.474 e. The molecule has 0 saturated carbocycles. The predicted octanol–water partition coefficient (Wildman–Crippen LogP) is 0.871. The van der Waals surface area contributed by atoms with Crippen LogP contribution in [0.15, 0.2) is 30.3 Å². The minimum absolute atomic E-state index is 0.0840. The zero-order valence-corrected chi connectivity index (χ0v) is 10.2. The van der Waals surface area contributed by atoms with Gasteiger partial charge in [-0.2, -0.15) is 0 Å². The first-order valence-electron chi connectivity index (χ1n) is 5.75. The Morgan fingerprint density at radius 3 is 2.39 bits per heavy atom. The molecule has 0 fully saturated rings. The molecule has 5 nitrogen and oxygen atoms in total. The van der Waals surface area contributed by atoms with E-state index in [4.69, 9.17) is 10.2 Å². The predicted molar refractivity (Wildman–Crippen MR) is 65.8 cm³/mol. The van der Waals surface area contributed by atoms with Gasteiger partial charge in [0.05, 0.1) is 0 Å². The summed E-state index contributed by atoms with van der Waals surface area (Å²) in [5.41, 5.74) is 0.858. The molecule has 0 heterocycles.